The number of aryl methyl sites for hydroxylation is 3. The summed E-state index contributed by atoms with van der Waals surface area (Å²) in [5, 5.41) is 29.6. The average molecular weight is 1030 g/mol. The summed E-state index contributed by atoms with van der Waals surface area (Å²) < 4.78 is 10.5. The summed E-state index contributed by atoms with van der Waals surface area (Å²) in [6.45, 7) is 9.90. The number of nitrogen functional groups attached to an aromatic ring is 3. The summed E-state index contributed by atoms with van der Waals surface area (Å²) in [6.07, 6.45) is 30.8. The predicted molar refractivity (Wildman–Crippen MR) is 301 cm³/mol. The van der Waals surface area contributed by atoms with Crippen molar-refractivity contribution in [1.29, 1.82) is 0 Å². The molecule has 9 N–H and O–H groups in total. The highest BCUT2D eigenvalue weighted by Gasteiger charge is 2.29. The van der Waals surface area contributed by atoms with Crippen molar-refractivity contribution >= 4 is 34.4 Å². The van der Waals surface area contributed by atoms with Gasteiger partial charge in [0.15, 0.2) is 16.9 Å². The molecule has 21 heteroatoms. The van der Waals surface area contributed by atoms with Gasteiger partial charge in [0.2, 0.25) is 0 Å². The van der Waals surface area contributed by atoms with Crippen LogP contribution in [0.15, 0.2) is 74.0 Å². The zero-order chi connectivity index (χ0) is 52.3. The van der Waals surface area contributed by atoms with Gasteiger partial charge < -0.3 is 33.2 Å². The van der Waals surface area contributed by atoms with Crippen LogP contribution in [0.25, 0.3) is 50.3 Å². The lowest BCUT2D eigenvalue weighted by molar-refractivity contribution is 0.160. The van der Waals surface area contributed by atoms with Crippen molar-refractivity contribution in [3.63, 3.8) is 0 Å². The van der Waals surface area contributed by atoms with E-state index in [9.17, 15) is 0 Å². The molecule has 0 spiro atoms. The van der Waals surface area contributed by atoms with Crippen LogP contribution < -0.4 is 28.3 Å². The second kappa shape index (κ2) is 23.3. The number of nitrogens with one attached hydrogen (secondary N) is 1. The molecule has 3 saturated carbocycles. The van der Waals surface area contributed by atoms with E-state index in [4.69, 9.17) is 37.9 Å². The lowest BCUT2D eigenvalue weighted by Crippen LogP contribution is -2.38. The topological polar surface area (TPSA) is 263 Å². The highest BCUT2D eigenvalue weighted by molar-refractivity contribution is 5.79. The van der Waals surface area contributed by atoms with Crippen LogP contribution in [0.3, 0.4) is 0 Å². The maximum Gasteiger partial charge on any atom is 0.165 e. The van der Waals surface area contributed by atoms with Gasteiger partial charge in [0.05, 0.1) is 37.2 Å². The summed E-state index contributed by atoms with van der Waals surface area (Å²) in [7, 11) is 5.72. The molecular weight excluding hydrogens is 955 g/mol. The van der Waals surface area contributed by atoms with E-state index in [0.29, 0.717) is 47.3 Å². The number of fused-ring (bicyclic) bond motifs is 3. The summed E-state index contributed by atoms with van der Waals surface area (Å²) in [5.74, 6) is 3.17. The van der Waals surface area contributed by atoms with Gasteiger partial charge in [0.25, 0.3) is 0 Å². The van der Waals surface area contributed by atoms with Gasteiger partial charge in [-0.3, -0.25) is 14.0 Å². The van der Waals surface area contributed by atoms with Gasteiger partial charge in [-0.05, 0) is 77.4 Å². The maximum atomic E-state index is 6.34. The fourth-order valence-corrected chi connectivity index (χ4v) is 11.9. The van der Waals surface area contributed by atoms with Gasteiger partial charge in [0, 0.05) is 144 Å². The Morgan fingerprint density at radius 2 is 0.908 bits per heavy atom. The standard InChI is InChI=1S/C20H29N7.C18H25N7.C16H21N7.CH4/c1-4-26(5-2)16-8-6-7-14(9-16)18-10-19(21)27-20(24-18)17(12-23-27)15-11-22-25(3)13-15;1-3-20-14-6-4-5-12(7-14)16-8-17(19)25-18(23-16)15(10-22-25)13-9-21-24(2)11-13;1-22-9-11(7-19-22)13-8-20-23-15(18)6-14(21-16(13)23)10-3-2-4-12(17)5-10;/h10-14,16H,4-9,21H2,1-3H3;8-12,14,20H,3-7,19H2,1-2H3;6-10,12H,2-5,17-18H2,1H3;1H4/t14-,16+;12-,14+;10-,12+;/m000./s1. The molecule has 9 aromatic heterocycles. The van der Waals surface area contributed by atoms with Crippen LogP contribution in [-0.2, 0) is 21.1 Å². The molecule has 0 radical (unpaired) electrons. The molecule has 9 aromatic rings. The van der Waals surface area contributed by atoms with Crippen LogP contribution in [0.5, 0.6) is 0 Å². The van der Waals surface area contributed by atoms with Crippen molar-refractivity contribution in [3.8, 4) is 33.4 Å². The van der Waals surface area contributed by atoms with E-state index in [2.05, 4.69) is 61.6 Å². The zero-order valence-corrected chi connectivity index (χ0v) is 44.5. The Morgan fingerprint density at radius 3 is 1.29 bits per heavy atom. The summed E-state index contributed by atoms with van der Waals surface area (Å²) in [6, 6.07) is 7.42. The van der Waals surface area contributed by atoms with E-state index >= 15 is 0 Å². The molecule has 404 valence electrons. The minimum Gasteiger partial charge on any atom is -0.384 e. The molecule has 0 aliphatic heterocycles. The van der Waals surface area contributed by atoms with E-state index in [1.807, 2.05) is 88.9 Å². The lowest BCUT2D eigenvalue weighted by atomic mass is 9.82. The number of aromatic nitrogens is 15. The van der Waals surface area contributed by atoms with E-state index in [-0.39, 0.29) is 13.5 Å². The molecule has 3 fully saturated rings. The van der Waals surface area contributed by atoms with Gasteiger partial charge in [-0.15, -0.1) is 0 Å². The van der Waals surface area contributed by atoms with Crippen molar-refractivity contribution < 1.29 is 0 Å². The van der Waals surface area contributed by atoms with E-state index in [1.165, 1.54) is 38.5 Å². The molecule has 0 aromatic carbocycles. The van der Waals surface area contributed by atoms with Crippen LogP contribution in [0, 0.1) is 0 Å². The first-order valence-electron chi connectivity index (χ1n) is 27.0. The van der Waals surface area contributed by atoms with E-state index in [1.54, 1.807) is 33.8 Å². The molecule has 0 saturated heterocycles. The molecule has 3 aliphatic rings. The van der Waals surface area contributed by atoms with Crippen molar-refractivity contribution in [2.75, 3.05) is 36.8 Å². The fourth-order valence-electron chi connectivity index (χ4n) is 11.9. The smallest absolute Gasteiger partial charge is 0.165 e. The van der Waals surface area contributed by atoms with Crippen molar-refractivity contribution in [2.24, 2.45) is 26.9 Å². The Kier molecular flexibility index (Phi) is 16.5. The summed E-state index contributed by atoms with van der Waals surface area (Å²) in [4.78, 5) is 17.4. The Balaban J connectivity index is 0.000000139. The molecule has 3 aliphatic carbocycles. The molecule has 12 rings (SSSR count). The highest BCUT2D eigenvalue weighted by Crippen LogP contribution is 2.38. The summed E-state index contributed by atoms with van der Waals surface area (Å²) >= 11 is 0. The average Bonchev–Trinajstić information content (AvgIpc) is 4.29. The third kappa shape index (κ3) is 11.3. The number of anilines is 3. The molecule has 9 heterocycles. The number of rotatable bonds is 11. The van der Waals surface area contributed by atoms with Crippen LogP contribution in [-0.4, -0.2) is 116 Å². The van der Waals surface area contributed by atoms with Crippen molar-refractivity contribution in [2.45, 2.75) is 141 Å². The third-order valence-electron chi connectivity index (χ3n) is 15.7. The molecule has 6 atom stereocenters. The SMILES string of the molecule is C.CCN(CC)[C@@H]1CCC[C@H](c2cc(N)n3ncc(-c4cnn(C)c4)c3n2)C1.CCN[C@@H]1CCC[C@H](c2cc(N)n3ncc(-c4cnn(C)c4)c3n2)C1.Cn1cc(-c2cnn3c(N)cc([C@H]4CCC[C@@H](N)C4)nc23)cn1. The highest BCUT2D eigenvalue weighted by atomic mass is 15.3. The van der Waals surface area contributed by atoms with E-state index < -0.39 is 0 Å². The number of nitrogens with two attached hydrogens (primary N) is 4. The van der Waals surface area contributed by atoms with E-state index in [0.717, 1.165) is 126 Å². The van der Waals surface area contributed by atoms with Gasteiger partial charge in [-0.1, -0.05) is 47.5 Å². The minimum atomic E-state index is 0. The maximum absolute atomic E-state index is 6.34. The second-order valence-corrected chi connectivity index (χ2v) is 20.9. The first-order chi connectivity index (χ1) is 36.4. The quantitative estimate of drug-likeness (QED) is 0.0829. The third-order valence-corrected chi connectivity index (χ3v) is 15.7. The molecule has 21 nitrogen and oxygen atoms in total. The van der Waals surface area contributed by atoms with Crippen LogP contribution in [0.1, 0.15) is 140 Å². The molecule has 0 amide bonds. The minimum absolute atomic E-state index is 0. The molecule has 0 unspecified atom stereocenters. The molecule has 76 heavy (non-hydrogen) atoms. The number of nitrogens with zero attached hydrogens (tertiary/aromatic N) is 16. The predicted octanol–water partition coefficient (Wildman–Crippen LogP) is 7.76. The number of hydrogen-bond acceptors (Lipinski definition) is 15. The normalized spacial score (nSPS) is 20.8. The zero-order valence-electron chi connectivity index (χ0n) is 44.5. The van der Waals surface area contributed by atoms with Crippen LogP contribution in [0.4, 0.5) is 17.5 Å². The Morgan fingerprint density at radius 1 is 0.513 bits per heavy atom. The first kappa shape index (κ1) is 53.6. The second-order valence-electron chi connectivity index (χ2n) is 20.9. The Bertz CT molecular complexity index is 3340. The van der Waals surface area contributed by atoms with Gasteiger partial charge in [0.1, 0.15) is 17.5 Å². The largest absolute Gasteiger partial charge is 0.384 e. The Labute approximate surface area is 445 Å². The van der Waals surface area contributed by atoms with Crippen LogP contribution >= 0.6 is 0 Å². The van der Waals surface area contributed by atoms with Crippen LogP contribution in [0.2, 0.25) is 0 Å². The van der Waals surface area contributed by atoms with Crippen molar-refractivity contribution in [3.05, 3.63) is 91.1 Å². The van der Waals surface area contributed by atoms with Gasteiger partial charge in [-0.25, -0.2) is 15.0 Å². The molecular formula is C55H79N21. The summed E-state index contributed by atoms with van der Waals surface area (Å²) in [5.41, 5.74) is 36.5. The molecule has 0 bridgehead atoms. The van der Waals surface area contributed by atoms with Gasteiger partial charge >= 0.3 is 0 Å². The fraction of sp³-hybridized carbons (Fsp3) is 0.509. The lowest BCUT2D eigenvalue weighted by Gasteiger charge is -2.36. The Hall–Kier alpha value is -7.23. The first-order valence-corrected chi connectivity index (χ1v) is 27.0. The monoisotopic (exact) mass is 1030 g/mol. The van der Waals surface area contributed by atoms with Gasteiger partial charge in [-0.2, -0.15) is 44.1 Å². The number of hydrogen-bond donors (Lipinski definition) is 5. The van der Waals surface area contributed by atoms with Crippen molar-refractivity contribution in [1.82, 2.24) is 83.4 Å².